The Morgan fingerprint density at radius 3 is 2.47 bits per heavy atom. The molecule has 3 saturated heterocycles. The molecule has 25 heteroatoms. The first-order valence-electron chi connectivity index (χ1n) is 13.9. The highest BCUT2D eigenvalue weighted by Crippen LogP contribution is 2.59. The minimum absolute atomic E-state index is 0.0247. The van der Waals surface area contributed by atoms with E-state index in [4.69, 9.17) is 50.8 Å². The monoisotopic (exact) mass is 750 g/mol. The van der Waals surface area contributed by atoms with Crippen molar-refractivity contribution in [1.29, 1.82) is 0 Å². The van der Waals surface area contributed by atoms with Crippen molar-refractivity contribution in [2.45, 2.75) is 49.4 Å². The molecule has 254 valence electrons. The number of hydrogen-bond donors (Lipinski definition) is 7. The molecule has 2 bridgehead atoms. The molecule has 7 rings (SSSR count). The van der Waals surface area contributed by atoms with Crippen molar-refractivity contribution in [3.63, 3.8) is 0 Å². The lowest BCUT2D eigenvalue weighted by Crippen LogP contribution is -2.36. The standard InChI is InChI=1S/C22H28N10O10P2S3/c23-16-11-17(26-5-25-16)31(6-27-11)20-13(33)15-10(40-20)4-38-43(35,46)41-14-8(1-2-45)9(3-37-44(36,47)42-15)39-21(14)32-7-28-12-18(32)29-22(24)30-19(12)34/h5-10,13-15,20-21,33,45H,1-4H2,(H,35,46)(H,36,47)(H2,23,25,26)(H3,24,29,30,34)/t8?,9-,10-,13+,14?,15?,20-,21-,43?,44?/m1/s1. The number of ether oxygens (including phenoxy) is 2. The molecule has 4 aromatic heterocycles. The molecular weight excluding hydrogens is 722 g/mol. The number of rotatable bonds is 4. The maximum absolute atomic E-state index is 13.8. The van der Waals surface area contributed by atoms with E-state index in [2.05, 4.69) is 54.8 Å². The quantitative estimate of drug-likeness (QED) is 0.109. The third-order valence-electron chi connectivity index (χ3n) is 7.97. The number of fused-ring (bicyclic) bond motifs is 5. The molecular formula is C22H28N10O10P2S3. The highest BCUT2D eigenvalue weighted by molar-refractivity contribution is 8.44. The second-order valence-electron chi connectivity index (χ2n) is 10.8. The van der Waals surface area contributed by atoms with Crippen molar-refractivity contribution in [2.24, 2.45) is 5.92 Å². The molecule has 5 unspecified atom stereocenters. The van der Waals surface area contributed by atoms with E-state index in [0.717, 1.165) is 0 Å². The van der Waals surface area contributed by atoms with Crippen LogP contribution in [0.1, 0.15) is 18.9 Å². The Morgan fingerprint density at radius 1 is 1.00 bits per heavy atom. The zero-order valence-corrected chi connectivity index (χ0v) is 28.2. The van der Waals surface area contributed by atoms with Gasteiger partial charge in [0, 0.05) is 5.92 Å². The van der Waals surface area contributed by atoms with Crippen molar-refractivity contribution in [2.75, 3.05) is 30.4 Å². The predicted molar refractivity (Wildman–Crippen MR) is 173 cm³/mol. The number of nitrogens with two attached hydrogens (primary N) is 2. The Hall–Kier alpha value is -2.24. The summed E-state index contributed by atoms with van der Waals surface area (Å²) in [6, 6.07) is 0. The van der Waals surface area contributed by atoms with Crippen LogP contribution in [0, 0.1) is 5.92 Å². The number of nitrogens with zero attached hydrogens (tertiary/aromatic N) is 7. The SMILES string of the molecule is Nc1nc2c(ncn2[C@@H]2O[C@@H]3COP(O)(=S)OC4[C@@H](COP(=O)(S)OC2C3CCS)O[C@@H](n2cnc3c(N)ncnc32)[C@H]4O)c(=O)[nH]1. The van der Waals surface area contributed by atoms with Crippen LogP contribution in [-0.2, 0) is 43.9 Å². The van der Waals surface area contributed by atoms with Crippen molar-refractivity contribution in [3.05, 3.63) is 29.3 Å². The van der Waals surface area contributed by atoms with Crippen LogP contribution in [0.2, 0.25) is 0 Å². The number of nitrogen functional groups attached to an aromatic ring is 2. The smallest absolute Gasteiger partial charge is 0.386 e. The van der Waals surface area contributed by atoms with E-state index in [9.17, 15) is 19.4 Å². The molecule has 10 atom stereocenters. The van der Waals surface area contributed by atoms with Gasteiger partial charge in [-0.25, -0.2) is 24.5 Å². The van der Waals surface area contributed by atoms with Crippen LogP contribution >= 0.6 is 38.4 Å². The molecule has 0 radical (unpaired) electrons. The Morgan fingerprint density at radius 2 is 1.70 bits per heavy atom. The van der Waals surface area contributed by atoms with Crippen LogP contribution in [0.4, 0.5) is 11.8 Å². The molecule has 0 aliphatic carbocycles. The Balaban J connectivity index is 1.23. The van der Waals surface area contributed by atoms with Gasteiger partial charge in [0.2, 0.25) is 5.95 Å². The van der Waals surface area contributed by atoms with Gasteiger partial charge in [-0.1, -0.05) is 12.2 Å². The molecule has 3 fully saturated rings. The van der Waals surface area contributed by atoms with Crippen molar-refractivity contribution >= 4 is 84.3 Å². The van der Waals surface area contributed by atoms with Gasteiger partial charge in [0.05, 0.1) is 32.0 Å². The Kier molecular flexibility index (Phi) is 8.90. The Bertz CT molecular complexity index is 1980. The zero-order valence-electron chi connectivity index (χ0n) is 23.8. The van der Waals surface area contributed by atoms with E-state index in [1.165, 1.54) is 28.1 Å². The molecule has 3 aliphatic heterocycles. The number of thiol groups is 2. The van der Waals surface area contributed by atoms with Crippen LogP contribution in [0.3, 0.4) is 0 Å². The van der Waals surface area contributed by atoms with E-state index < -0.39 is 74.6 Å². The summed E-state index contributed by atoms with van der Waals surface area (Å²) in [7, 11) is 0. The van der Waals surface area contributed by atoms with Gasteiger partial charge in [-0.05, 0) is 24.0 Å². The van der Waals surface area contributed by atoms with E-state index in [1.54, 1.807) is 0 Å². The first kappa shape index (κ1) is 33.3. The number of aliphatic hydroxyl groups excluding tert-OH is 1. The molecule has 0 aromatic carbocycles. The number of H-pyrrole nitrogens is 1. The maximum Gasteiger partial charge on any atom is 0.386 e. The summed E-state index contributed by atoms with van der Waals surface area (Å²) in [6.45, 7) is -9.19. The summed E-state index contributed by atoms with van der Waals surface area (Å²) in [5.41, 5.74) is 11.7. The topological polar surface area (TPSA) is 272 Å². The number of aromatic nitrogens is 8. The fourth-order valence-corrected chi connectivity index (χ4v) is 9.13. The zero-order chi connectivity index (χ0) is 33.2. The van der Waals surface area contributed by atoms with Crippen LogP contribution in [-0.4, -0.2) is 98.5 Å². The first-order valence-corrected chi connectivity index (χ1v) is 19.8. The van der Waals surface area contributed by atoms with Crippen LogP contribution < -0.4 is 17.0 Å². The fourth-order valence-electron chi connectivity index (χ4n) is 5.90. The number of anilines is 2. The molecule has 47 heavy (non-hydrogen) atoms. The van der Waals surface area contributed by atoms with Crippen molar-refractivity contribution in [3.8, 4) is 0 Å². The summed E-state index contributed by atoms with van der Waals surface area (Å²) < 4.78 is 52.3. The Labute approximate surface area is 279 Å². The summed E-state index contributed by atoms with van der Waals surface area (Å²) in [5, 5.41) is 11.4. The molecule has 20 nitrogen and oxygen atoms in total. The largest absolute Gasteiger partial charge is 0.386 e. The van der Waals surface area contributed by atoms with Gasteiger partial charge in [-0.3, -0.25) is 32.5 Å². The van der Waals surface area contributed by atoms with E-state index in [0.29, 0.717) is 12.2 Å². The van der Waals surface area contributed by atoms with Crippen molar-refractivity contribution in [1.82, 2.24) is 39.0 Å². The summed E-state index contributed by atoms with van der Waals surface area (Å²) >= 11 is 14.0. The molecule has 0 saturated carbocycles. The number of hydrogen-bond acceptors (Lipinski definition) is 18. The molecule has 0 spiro atoms. The minimum atomic E-state index is -4.26. The van der Waals surface area contributed by atoms with Gasteiger partial charge in [-0.15, -0.1) is 0 Å². The summed E-state index contributed by atoms with van der Waals surface area (Å²) in [6.07, 6.45) is -3.96. The third kappa shape index (κ3) is 6.22. The lowest BCUT2D eigenvalue weighted by atomic mass is 9.95. The lowest BCUT2D eigenvalue weighted by molar-refractivity contribution is -0.0584. The van der Waals surface area contributed by atoms with Gasteiger partial charge >= 0.3 is 13.5 Å². The molecule has 0 amide bonds. The van der Waals surface area contributed by atoms with Crippen LogP contribution in [0.15, 0.2) is 23.8 Å². The molecule has 3 aliphatic rings. The molecule has 4 aromatic rings. The fraction of sp³-hybridized carbons (Fsp3) is 0.545. The van der Waals surface area contributed by atoms with Gasteiger partial charge in [0.25, 0.3) is 5.56 Å². The predicted octanol–water partition coefficient (Wildman–Crippen LogP) is 0.288. The molecule has 7 heterocycles. The summed E-state index contributed by atoms with van der Waals surface area (Å²) in [4.78, 5) is 46.7. The second-order valence-corrected chi connectivity index (χ2v) is 16.9. The van der Waals surface area contributed by atoms with Gasteiger partial charge in [-0.2, -0.15) is 17.6 Å². The maximum atomic E-state index is 13.8. The number of nitrogens with one attached hydrogen (secondary N) is 1. The van der Waals surface area contributed by atoms with Crippen molar-refractivity contribution < 1.29 is 42.1 Å². The van der Waals surface area contributed by atoms with Gasteiger partial charge in [0.15, 0.2) is 35.1 Å². The van der Waals surface area contributed by atoms with E-state index in [1.807, 2.05) is 0 Å². The summed E-state index contributed by atoms with van der Waals surface area (Å²) in [5.74, 6) is -0.291. The number of aromatic amines is 1. The first-order chi connectivity index (χ1) is 22.4. The average molecular weight is 751 g/mol. The number of aliphatic hydroxyl groups is 1. The van der Waals surface area contributed by atoms with Crippen LogP contribution in [0.25, 0.3) is 22.3 Å². The van der Waals surface area contributed by atoms with E-state index in [-0.39, 0.29) is 40.7 Å². The lowest BCUT2D eigenvalue weighted by Gasteiger charge is -2.27. The average Bonchev–Trinajstić information content (AvgIpc) is 3.76. The van der Waals surface area contributed by atoms with Gasteiger partial charge < -0.3 is 35.5 Å². The highest BCUT2D eigenvalue weighted by atomic mass is 32.7. The van der Waals surface area contributed by atoms with Gasteiger partial charge in [0.1, 0.15) is 36.3 Å². The van der Waals surface area contributed by atoms with E-state index >= 15 is 0 Å². The minimum Gasteiger partial charge on any atom is -0.386 e. The number of imidazole rings is 2. The van der Waals surface area contributed by atoms with Crippen LogP contribution in [0.5, 0.6) is 0 Å². The highest BCUT2D eigenvalue weighted by Gasteiger charge is 2.53. The third-order valence-corrected chi connectivity index (χ3v) is 11.4. The normalized spacial score (nSPS) is 36.6. The second kappa shape index (κ2) is 12.6. The molecule has 7 N–H and O–H groups in total.